The number of hydrogen-bond acceptors (Lipinski definition) is 4. The van der Waals surface area contributed by atoms with Crippen LogP contribution >= 0.6 is 0 Å². The van der Waals surface area contributed by atoms with Crippen molar-refractivity contribution >= 4 is 15.9 Å². The molecule has 0 aliphatic carbocycles. The van der Waals surface area contributed by atoms with Gasteiger partial charge in [0, 0.05) is 12.1 Å². The predicted molar refractivity (Wildman–Crippen MR) is 86.1 cm³/mol. The number of carbonyl (C=O) groups excluding carboxylic acids is 1. The van der Waals surface area contributed by atoms with Gasteiger partial charge in [-0.1, -0.05) is 12.1 Å². The first-order valence-electron chi connectivity index (χ1n) is 6.90. The van der Waals surface area contributed by atoms with Crippen molar-refractivity contribution in [3.63, 3.8) is 0 Å². The molecule has 0 radical (unpaired) electrons. The van der Waals surface area contributed by atoms with Gasteiger partial charge in [-0.15, -0.1) is 0 Å². The van der Waals surface area contributed by atoms with Gasteiger partial charge in [0.1, 0.15) is 5.75 Å². The number of carbonyl (C=O) groups is 1. The largest absolute Gasteiger partial charge is 0.497 e. The quantitative estimate of drug-likeness (QED) is 0.856. The van der Waals surface area contributed by atoms with Crippen LogP contribution in [0.3, 0.4) is 0 Å². The Morgan fingerprint density at radius 2 is 1.77 bits per heavy atom. The molecule has 0 aromatic heterocycles. The summed E-state index contributed by atoms with van der Waals surface area (Å²) in [5, 5.41) is 2.76. The summed E-state index contributed by atoms with van der Waals surface area (Å²) >= 11 is 0. The molecule has 0 heterocycles. The van der Waals surface area contributed by atoms with Gasteiger partial charge in [0.2, 0.25) is 15.9 Å². The molecule has 7 heteroatoms. The summed E-state index contributed by atoms with van der Waals surface area (Å²) in [6.45, 7) is 5.47. The van der Waals surface area contributed by atoms with Gasteiger partial charge >= 0.3 is 0 Å². The van der Waals surface area contributed by atoms with E-state index in [0.717, 1.165) is 16.1 Å². The van der Waals surface area contributed by atoms with Crippen LogP contribution in [0, 0.1) is 0 Å². The Morgan fingerprint density at radius 3 is 2.18 bits per heavy atom. The van der Waals surface area contributed by atoms with E-state index in [1.54, 1.807) is 31.4 Å². The number of rotatable bonds is 6. The Kier molecular flexibility index (Phi) is 5.96. The van der Waals surface area contributed by atoms with E-state index < -0.39 is 15.6 Å². The third-order valence-corrected chi connectivity index (χ3v) is 4.02. The van der Waals surface area contributed by atoms with Crippen molar-refractivity contribution in [2.75, 3.05) is 19.9 Å². The molecule has 0 bridgehead atoms. The van der Waals surface area contributed by atoms with Gasteiger partial charge in [0.05, 0.1) is 19.9 Å². The summed E-state index contributed by atoms with van der Waals surface area (Å²) in [6, 6.07) is 7.06. The lowest BCUT2D eigenvalue weighted by molar-refractivity contribution is -0.122. The Hall–Kier alpha value is -1.60. The Labute approximate surface area is 132 Å². The van der Waals surface area contributed by atoms with Crippen LogP contribution in [-0.4, -0.2) is 44.1 Å². The molecule has 1 aromatic rings. The van der Waals surface area contributed by atoms with Crippen molar-refractivity contribution in [3.05, 3.63) is 29.8 Å². The summed E-state index contributed by atoms with van der Waals surface area (Å²) in [6.07, 6.45) is 1.10. The van der Waals surface area contributed by atoms with E-state index in [4.69, 9.17) is 4.74 Å². The van der Waals surface area contributed by atoms with Crippen molar-refractivity contribution in [2.24, 2.45) is 0 Å². The fourth-order valence-electron chi connectivity index (χ4n) is 1.84. The highest BCUT2D eigenvalue weighted by atomic mass is 32.2. The minimum absolute atomic E-state index is 0.139. The average Bonchev–Trinajstić information content (AvgIpc) is 2.35. The highest BCUT2D eigenvalue weighted by molar-refractivity contribution is 7.88. The van der Waals surface area contributed by atoms with Crippen LogP contribution in [0.25, 0.3) is 0 Å². The third kappa shape index (κ3) is 6.44. The molecule has 0 saturated heterocycles. The maximum absolute atomic E-state index is 12.0. The van der Waals surface area contributed by atoms with Crippen LogP contribution in [0.15, 0.2) is 24.3 Å². The minimum atomic E-state index is -3.49. The number of methoxy groups -OCH3 is 1. The van der Waals surface area contributed by atoms with E-state index in [0.29, 0.717) is 5.75 Å². The van der Waals surface area contributed by atoms with Crippen molar-refractivity contribution < 1.29 is 17.9 Å². The Morgan fingerprint density at radius 1 is 1.23 bits per heavy atom. The van der Waals surface area contributed by atoms with Crippen LogP contribution in [-0.2, 0) is 21.4 Å². The highest BCUT2D eigenvalue weighted by Crippen LogP contribution is 2.14. The molecule has 1 N–H and O–H groups in total. The normalized spacial score (nSPS) is 12.3. The van der Waals surface area contributed by atoms with Crippen LogP contribution in [0.4, 0.5) is 0 Å². The van der Waals surface area contributed by atoms with E-state index >= 15 is 0 Å². The van der Waals surface area contributed by atoms with E-state index in [-0.39, 0.29) is 19.0 Å². The molecule has 0 fully saturated rings. The lowest BCUT2D eigenvalue weighted by atomic mass is 10.1. The molecule has 0 aliphatic heterocycles. The average molecular weight is 328 g/mol. The zero-order valence-electron chi connectivity index (χ0n) is 13.7. The second kappa shape index (κ2) is 7.11. The number of benzene rings is 1. The Bertz CT molecular complexity index is 603. The van der Waals surface area contributed by atoms with E-state index in [1.807, 2.05) is 20.8 Å². The molecule has 1 amide bonds. The number of nitrogens with one attached hydrogen (secondary N) is 1. The second-order valence-corrected chi connectivity index (χ2v) is 8.16. The number of hydrogen-bond donors (Lipinski definition) is 1. The number of ether oxygens (including phenoxy) is 1. The zero-order valence-corrected chi connectivity index (χ0v) is 14.5. The SMILES string of the molecule is COc1ccc(CN(CC(=O)NC(C)(C)C)S(C)(=O)=O)cc1. The predicted octanol–water partition coefficient (Wildman–Crippen LogP) is 1.37. The molecule has 1 rings (SSSR count). The molecule has 124 valence electrons. The van der Waals surface area contributed by atoms with E-state index in [1.165, 1.54) is 0 Å². The van der Waals surface area contributed by atoms with Crippen molar-refractivity contribution in [2.45, 2.75) is 32.9 Å². The van der Waals surface area contributed by atoms with Gasteiger partial charge in [-0.05, 0) is 38.5 Å². The molecule has 0 saturated carbocycles. The van der Waals surface area contributed by atoms with Crippen molar-refractivity contribution in [1.29, 1.82) is 0 Å². The molecule has 0 aliphatic rings. The van der Waals surface area contributed by atoms with Crippen molar-refractivity contribution in [3.8, 4) is 5.75 Å². The summed E-state index contributed by atoms with van der Waals surface area (Å²) in [5.74, 6) is 0.367. The molecule has 0 atom stereocenters. The van der Waals surface area contributed by atoms with Gasteiger partial charge in [0.25, 0.3) is 0 Å². The van der Waals surface area contributed by atoms with E-state index in [9.17, 15) is 13.2 Å². The Balaban J connectivity index is 2.83. The molecule has 1 aromatic carbocycles. The van der Waals surface area contributed by atoms with Gasteiger partial charge in [0.15, 0.2) is 0 Å². The van der Waals surface area contributed by atoms with Crippen LogP contribution in [0.5, 0.6) is 5.75 Å². The zero-order chi connectivity index (χ0) is 17.0. The standard InChI is InChI=1S/C15H24N2O4S/c1-15(2,3)16-14(18)11-17(22(5,19)20)10-12-6-8-13(21-4)9-7-12/h6-9H,10-11H2,1-5H3,(H,16,18). The first kappa shape index (κ1) is 18.4. The molecule has 0 unspecified atom stereocenters. The number of sulfonamides is 1. The fourth-order valence-corrected chi connectivity index (χ4v) is 2.58. The van der Waals surface area contributed by atoms with Gasteiger partial charge in [-0.2, -0.15) is 4.31 Å². The maximum Gasteiger partial charge on any atom is 0.235 e. The second-order valence-electron chi connectivity index (χ2n) is 6.18. The van der Waals surface area contributed by atoms with Gasteiger partial charge in [-0.25, -0.2) is 8.42 Å². The maximum atomic E-state index is 12.0. The lowest BCUT2D eigenvalue weighted by Gasteiger charge is -2.24. The topological polar surface area (TPSA) is 75.7 Å². The van der Waals surface area contributed by atoms with E-state index in [2.05, 4.69) is 5.32 Å². The lowest BCUT2D eigenvalue weighted by Crippen LogP contribution is -2.46. The van der Waals surface area contributed by atoms with Crippen LogP contribution in [0.1, 0.15) is 26.3 Å². The smallest absolute Gasteiger partial charge is 0.235 e. The summed E-state index contributed by atoms with van der Waals surface area (Å²) < 4.78 is 30.0. The monoisotopic (exact) mass is 328 g/mol. The first-order chi connectivity index (χ1) is 10.0. The minimum Gasteiger partial charge on any atom is -0.497 e. The summed E-state index contributed by atoms with van der Waals surface area (Å²) in [4.78, 5) is 12.0. The molecule has 22 heavy (non-hydrogen) atoms. The highest BCUT2D eigenvalue weighted by Gasteiger charge is 2.22. The first-order valence-corrected chi connectivity index (χ1v) is 8.75. The third-order valence-electron chi connectivity index (χ3n) is 2.82. The molecule has 6 nitrogen and oxygen atoms in total. The summed E-state index contributed by atoms with van der Waals surface area (Å²) in [7, 11) is -1.92. The van der Waals surface area contributed by atoms with Crippen molar-refractivity contribution in [1.82, 2.24) is 9.62 Å². The number of nitrogens with zero attached hydrogens (tertiary/aromatic N) is 1. The molecule has 0 spiro atoms. The van der Waals surface area contributed by atoms with Crippen LogP contribution in [0.2, 0.25) is 0 Å². The van der Waals surface area contributed by atoms with Crippen LogP contribution < -0.4 is 10.1 Å². The van der Waals surface area contributed by atoms with Gasteiger partial charge < -0.3 is 10.1 Å². The summed E-state index contributed by atoms with van der Waals surface area (Å²) in [5.41, 5.74) is 0.384. The molecular formula is C15H24N2O4S. The van der Waals surface area contributed by atoms with Gasteiger partial charge in [-0.3, -0.25) is 4.79 Å². The molecular weight excluding hydrogens is 304 g/mol. The fraction of sp³-hybridized carbons (Fsp3) is 0.533. The number of amides is 1.